The number of rotatable bonds is 8. The quantitative estimate of drug-likeness (QED) is 0.160. The molecular formula is C34H32N6OS2. The van der Waals surface area contributed by atoms with Gasteiger partial charge >= 0.3 is 0 Å². The third-order valence-corrected chi connectivity index (χ3v) is 9.60. The Morgan fingerprint density at radius 1 is 0.884 bits per heavy atom. The van der Waals surface area contributed by atoms with Crippen LogP contribution in [0.2, 0.25) is 0 Å². The van der Waals surface area contributed by atoms with Crippen LogP contribution >= 0.6 is 23.5 Å². The van der Waals surface area contributed by atoms with Crippen molar-refractivity contribution in [3.63, 3.8) is 0 Å². The van der Waals surface area contributed by atoms with Crippen LogP contribution in [0, 0.1) is 0 Å². The smallest absolute Gasteiger partial charge is 0.269 e. The average molecular weight is 605 g/mol. The van der Waals surface area contributed by atoms with Gasteiger partial charge in [-0.05, 0) is 73.1 Å². The molecule has 4 aromatic carbocycles. The zero-order valence-electron chi connectivity index (χ0n) is 24.3. The molecule has 1 atom stereocenters. The number of hydrogen-bond acceptors (Lipinski definition) is 8. The molecule has 1 unspecified atom stereocenters. The number of azo groups is 1. The summed E-state index contributed by atoms with van der Waals surface area (Å²) in [5, 5.41) is 14.0. The van der Waals surface area contributed by atoms with Crippen molar-refractivity contribution in [1.82, 2.24) is 4.90 Å². The molecule has 1 fully saturated rings. The second-order valence-corrected chi connectivity index (χ2v) is 12.2. The SMILES string of the molecule is CCNc1ccc(C(C)N=Nc2ccccc2)cc1N=C1SC(=C2Sc3ccccc3N2C)C(=O)N1Cc1ccccc1. The lowest BCUT2D eigenvalue weighted by Crippen LogP contribution is -2.29. The van der Waals surface area contributed by atoms with Gasteiger partial charge in [0.15, 0.2) is 5.17 Å². The second kappa shape index (κ2) is 12.9. The average Bonchev–Trinajstić information content (AvgIpc) is 3.53. The van der Waals surface area contributed by atoms with E-state index in [-0.39, 0.29) is 11.9 Å². The number of thioether (sulfide) groups is 2. The van der Waals surface area contributed by atoms with Crippen molar-refractivity contribution in [1.29, 1.82) is 0 Å². The van der Waals surface area contributed by atoms with Crippen molar-refractivity contribution >= 4 is 57.3 Å². The van der Waals surface area contributed by atoms with Gasteiger partial charge in [0.2, 0.25) is 0 Å². The maximum atomic E-state index is 14.1. The summed E-state index contributed by atoms with van der Waals surface area (Å²) in [4.78, 5) is 25.0. The van der Waals surface area contributed by atoms with Crippen molar-refractivity contribution < 1.29 is 4.79 Å². The van der Waals surface area contributed by atoms with Crippen LogP contribution in [0.4, 0.5) is 22.7 Å². The number of carbonyl (C=O) groups is 1. The standard InChI is InChI=1S/C34H32N6OS2/c1-4-35-27-20-19-25(23(2)37-38-26-15-9-6-10-16-26)21-28(27)36-34-40(22-24-13-7-5-8-14-24)32(41)31(43-34)33-39(3)29-17-11-12-18-30(29)42-33/h5-21,23,35H,4,22H2,1-3H3. The zero-order valence-corrected chi connectivity index (χ0v) is 25.9. The van der Waals surface area contributed by atoms with Gasteiger partial charge in [0, 0.05) is 18.5 Å². The van der Waals surface area contributed by atoms with E-state index in [4.69, 9.17) is 4.99 Å². The number of amidine groups is 1. The number of para-hydroxylation sites is 1. The third-order valence-electron chi connectivity index (χ3n) is 7.17. The van der Waals surface area contributed by atoms with Crippen molar-refractivity contribution in [2.24, 2.45) is 15.2 Å². The Kier molecular flexibility index (Phi) is 8.62. The highest BCUT2D eigenvalue weighted by atomic mass is 32.2. The van der Waals surface area contributed by atoms with E-state index in [0.29, 0.717) is 16.6 Å². The van der Waals surface area contributed by atoms with Crippen LogP contribution in [0.15, 0.2) is 133 Å². The van der Waals surface area contributed by atoms with E-state index in [2.05, 4.69) is 45.6 Å². The molecule has 0 bridgehead atoms. The number of fused-ring (bicyclic) bond motifs is 1. The topological polar surface area (TPSA) is 72.7 Å². The predicted molar refractivity (Wildman–Crippen MR) is 179 cm³/mol. The van der Waals surface area contributed by atoms with E-state index in [1.165, 1.54) is 11.8 Å². The van der Waals surface area contributed by atoms with E-state index in [9.17, 15) is 4.79 Å². The first-order valence-electron chi connectivity index (χ1n) is 14.2. The highest BCUT2D eigenvalue weighted by Crippen LogP contribution is 2.50. The van der Waals surface area contributed by atoms with Crippen LogP contribution in [-0.4, -0.2) is 29.6 Å². The molecular weight excluding hydrogens is 573 g/mol. The fourth-order valence-electron chi connectivity index (χ4n) is 4.88. The van der Waals surface area contributed by atoms with Gasteiger partial charge in [0.1, 0.15) is 4.91 Å². The number of carbonyl (C=O) groups excluding carboxylic acids is 1. The number of benzene rings is 4. The molecule has 0 aliphatic carbocycles. The molecule has 43 heavy (non-hydrogen) atoms. The molecule has 7 nitrogen and oxygen atoms in total. The predicted octanol–water partition coefficient (Wildman–Crippen LogP) is 9.14. The molecule has 0 radical (unpaired) electrons. The first-order valence-corrected chi connectivity index (χ1v) is 15.9. The highest BCUT2D eigenvalue weighted by Gasteiger charge is 2.39. The molecule has 0 saturated carbocycles. The minimum atomic E-state index is -0.173. The summed E-state index contributed by atoms with van der Waals surface area (Å²) in [6, 6.07) is 34.0. The molecule has 2 aliphatic heterocycles. The molecule has 9 heteroatoms. The molecule has 2 aliphatic rings. The minimum absolute atomic E-state index is 0.0408. The van der Waals surface area contributed by atoms with E-state index < -0.39 is 0 Å². The third kappa shape index (κ3) is 6.23. The first kappa shape index (κ1) is 28.8. The van der Waals surface area contributed by atoms with Gasteiger partial charge < -0.3 is 10.2 Å². The van der Waals surface area contributed by atoms with Gasteiger partial charge in [-0.25, -0.2) is 4.99 Å². The summed E-state index contributed by atoms with van der Waals surface area (Å²) in [5.74, 6) is -0.0408. The van der Waals surface area contributed by atoms with Gasteiger partial charge in [-0.3, -0.25) is 9.69 Å². The summed E-state index contributed by atoms with van der Waals surface area (Å²) in [7, 11) is 2.02. The number of hydrogen-bond donors (Lipinski definition) is 1. The monoisotopic (exact) mass is 604 g/mol. The summed E-state index contributed by atoms with van der Waals surface area (Å²) in [5.41, 5.74) is 5.61. The minimum Gasteiger partial charge on any atom is -0.384 e. The molecule has 2 heterocycles. The van der Waals surface area contributed by atoms with E-state index in [0.717, 1.165) is 50.3 Å². The van der Waals surface area contributed by atoms with Crippen LogP contribution in [0.25, 0.3) is 0 Å². The van der Waals surface area contributed by atoms with Gasteiger partial charge in [0.25, 0.3) is 5.91 Å². The number of anilines is 2. The van der Waals surface area contributed by atoms with Crippen LogP contribution in [0.5, 0.6) is 0 Å². The summed E-state index contributed by atoms with van der Waals surface area (Å²) < 4.78 is 0. The fourth-order valence-corrected chi connectivity index (χ4v) is 7.22. The van der Waals surface area contributed by atoms with Crippen molar-refractivity contribution in [3.8, 4) is 0 Å². The maximum Gasteiger partial charge on any atom is 0.269 e. The lowest BCUT2D eigenvalue weighted by molar-refractivity contribution is -0.122. The van der Waals surface area contributed by atoms with E-state index in [1.807, 2.05) is 98.9 Å². The van der Waals surface area contributed by atoms with Gasteiger partial charge in [-0.2, -0.15) is 10.2 Å². The second-order valence-electron chi connectivity index (χ2n) is 10.2. The van der Waals surface area contributed by atoms with E-state index in [1.54, 1.807) is 16.7 Å². The number of aliphatic imine (C=N–C) groups is 1. The largest absolute Gasteiger partial charge is 0.384 e. The van der Waals surface area contributed by atoms with Crippen LogP contribution in [-0.2, 0) is 11.3 Å². The lowest BCUT2D eigenvalue weighted by atomic mass is 10.1. The lowest BCUT2D eigenvalue weighted by Gasteiger charge is -2.17. The fraction of sp³-hybridized carbons (Fsp3) is 0.176. The number of nitrogens with zero attached hydrogens (tertiary/aromatic N) is 5. The molecule has 1 amide bonds. The highest BCUT2D eigenvalue weighted by molar-refractivity contribution is 8.19. The molecule has 216 valence electrons. The molecule has 4 aromatic rings. The Morgan fingerprint density at radius 3 is 2.35 bits per heavy atom. The molecule has 6 rings (SSSR count). The normalized spacial score (nSPS) is 18.1. The van der Waals surface area contributed by atoms with Gasteiger partial charge in [-0.1, -0.05) is 78.5 Å². The van der Waals surface area contributed by atoms with Crippen LogP contribution in [0.3, 0.4) is 0 Å². The number of nitrogens with one attached hydrogen (secondary N) is 1. The molecule has 1 N–H and O–H groups in total. The summed E-state index contributed by atoms with van der Waals surface area (Å²) >= 11 is 3.07. The van der Waals surface area contributed by atoms with Crippen molar-refractivity contribution in [2.45, 2.75) is 31.3 Å². The summed E-state index contributed by atoms with van der Waals surface area (Å²) in [6.07, 6.45) is 0. The Hall–Kier alpha value is -4.34. The van der Waals surface area contributed by atoms with E-state index >= 15 is 0 Å². The van der Waals surface area contributed by atoms with Crippen LogP contribution in [0.1, 0.15) is 31.0 Å². The molecule has 0 spiro atoms. The van der Waals surface area contributed by atoms with Crippen LogP contribution < -0.4 is 10.2 Å². The van der Waals surface area contributed by atoms with Crippen molar-refractivity contribution in [3.05, 3.63) is 124 Å². The first-order chi connectivity index (χ1) is 21.0. The van der Waals surface area contributed by atoms with Gasteiger partial charge in [0.05, 0.1) is 40.4 Å². The van der Waals surface area contributed by atoms with Gasteiger partial charge in [-0.15, -0.1) is 0 Å². The Bertz CT molecular complexity index is 1720. The maximum absolute atomic E-state index is 14.1. The molecule has 1 saturated heterocycles. The molecule has 0 aromatic heterocycles. The Morgan fingerprint density at radius 2 is 1.60 bits per heavy atom. The summed E-state index contributed by atoms with van der Waals surface area (Å²) in [6.45, 7) is 5.26. The van der Waals surface area contributed by atoms with Crippen molar-refractivity contribution in [2.75, 3.05) is 23.8 Å². The zero-order chi connectivity index (χ0) is 29.8. The number of amides is 1. The Balaban J connectivity index is 1.38. The Labute approximate surface area is 260 Å².